The van der Waals surface area contributed by atoms with Crippen molar-refractivity contribution in [2.24, 2.45) is 5.92 Å². The summed E-state index contributed by atoms with van der Waals surface area (Å²) < 4.78 is 0. The molecule has 0 aromatic heterocycles. The Bertz CT molecular complexity index is 324. The molecule has 0 aliphatic rings. The van der Waals surface area contributed by atoms with Crippen LogP contribution < -0.4 is 0 Å². The van der Waals surface area contributed by atoms with Crippen LogP contribution in [0.4, 0.5) is 0 Å². The van der Waals surface area contributed by atoms with Crippen molar-refractivity contribution in [3.8, 4) is 0 Å². The zero-order valence-corrected chi connectivity index (χ0v) is 10.6. The van der Waals surface area contributed by atoms with Crippen molar-refractivity contribution in [1.29, 1.82) is 0 Å². The van der Waals surface area contributed by atoms with E-state index in [0.717, 1.165) is 5.56 Å². The Morgan fingerprint density at radius 1 is 1.00 bits per heavy atom. The average Bonchev–Trinajstić information content (AvgIpc) is 2.14. The SMILES string of the molecule is Cc1cc(C)cc(CC(O)C(O)C(C)C)c1. The molecule has 2 unspecified atom stereocenters. The zero-order chi connectivity index (χ0) is 12.3. The number of hydrogen-bond acceptors (Lipinski definition) is 2. The molecule has 1 aromatic rings. The van der Waals surface area contributed by atoms with Gasteiger partial charge in [0.05, 0.1) is 12.2 Å². The highest BCUT2D eigenvalue weighted by Gasteiger charge is 2.19. The summed E-state index contributed by atoms with van der Waals surface area (Å²) in [5.41, 5.74) is 3.48. The fourth-order valence-corrected chi connectivity index (χ4v) is 1.99. The molecule has 0 bridgehead atoms. The summed E-state index contributed by atoms with van der Waals surface area (Å²) in [6.45, 7) is 7.91. The van der Waals surface area contributed by atoms with Gasteiger partial charge in [0.25, 0.3) is 0 Å². The summed E-state index contributed by atoms with van der Waals surface area (Å²) in [4.78, 5) is 0. The summed E-state index contributed by atoms with van der Waals surface area (Å²) in [5, 5.41) is 19.6. The summed E-state index contributed by atoms with van der Waals surface area (Å²) in [7, 11) is 0. The third kappa shape index (κ3) is 3.62. The molecule has 16 heavy (non-hydrogen) atoms. The van der Waals surface area contributed by atoms with E-state index >= 15 is 0 Å². The number of aliphatic hydroxyl groups is 2. The fraction of sp³-hybridized carbons (Fsp3) is 0.571. The molecular weight excluding hydrogens is 200 g/mol. The van der Waals surface area contributed by atoms with Crippen molar-refractivity contribution < 1.29 is 10.2 Å². The monoisotopic (exact) mass is 222 g/mol. The van der Waals surface area contributed by atoms with E-state index < -0.39 is 12.2 Å². The van der Waals surface area contributed by atoms with Gasteiger partial charge < -0.3 is 10.2 Å². The molecule has 0 radical (unpaired) electrons. The Labute approximate surface area is 97.9 Å². The van der Waals surface area contributed by atoms with E-state index in [9.17, 15) is 10.2 Å². The molecule has 2 N–H and O–H groups in total. The highest BCUT2D eigenvalue weighted by molar-refractivity contribution is 5.29. The minimum atomic E-state index is -0.679. The van der Waals surface area contributed by atoms with Crippen LogP contribution in [0.1, 0.15) is 30.5 Å². The smallest absolute Gasteiger partial charge is 0.0841 e. The zero-order valence-electron chi connectivity index (χ0n) is 10.6. The molecule has 1 aromatic carbocycles. The quantitative estimate of drug-likeness (QED) is 0.820. The van der Waals surface area contributed by atoms with Crippen LogP contribution in [0.25, 0.3) is 0 Å². The van der Waals surface area contributed by atoms with Crippen molar-refractivity contribution in [1.82, 2.24) is 0 Å². The normalized spacial score (nSPS) is 15.2. The Morgan fingerprint density at radius 3 is 1.94 bits per heavy atom. The van der Waals surface area contributed by atoms with Crippen molar-refractivity contribution in [2.45, 2.75) is 46.3 Å². The molecule has 0 saturated heterocycles. The van der Waals surface area contributed by atoms with Gasteiger partial charge in [0.1, 0.15) is 0 Å². The second kappa shape index (κ2) is 5.46. The Hall–Kier alpha value is -0.860. The van der Waals surface area contributed by atoms with Crippen LogP contribution in [0.15, 0.2) is 18.2 Å². The van der Waals surface area contributed by atoms with Gasteiger partial charge >= 0.3 is 0 Å². The van der Waals surface area contributed by atoms with E-state index in [4.69, 9.17) is 0 Å². The first-order valence-corrected chi connectivity index (χ1v) is 5.83. The van der Waals surface area contributed by atoms with Gasteiger partial charge in [0.15, 0.2) is 0 Å². The second-order valence-electron chi connectivity index (χ2n) is 5.00. The van der Waals surface area contributed by atoms with Gasteiger partial charge in [-0.2, -0.15) is 0 Å². The molecule has 0 spiro atoms. The predicted octanol–water partition coefficient (Wildman–Crippen LogP) is 2.22. The topological polar surface area (TPSA) is 40.5 Å². The van der Waals surface area contributed by atoms with E-state index in [1.54, 1.807) is 0 Å². The van der Waals surface area contributed by atoms with Crippen LogP contribution >= 0.6 is 0 Å². The van der Waals surface area contributed by atoms with Gasteiger partial charge in [-0.1, -0.05) is 43.2 Å². The molecule has 0 heterocycles. The molecule has 2 heteroatoms. The van der Waals surface area contributed by atoms with Crippen molar-refractivity contribution >= 4 is 0 Å². The van der Waals surface area contributed by atoms with Crippen LogP contribution in [0, 0.1) is 19.8 Å². The summed E-state index contributed by atoms with van der Waals surface area (Å²) in [6.07, 6.45) is -0.816. The molecule has 2 nitrogen and oxygen atoms in total. The number of aliphatic hydroxyl groups excluding tert-OH is 2. The molecule has 0 aliphatic carbocycles. The van der Waals surface area contributed by atoms with Crippen LogP contribution in [-0.4, -0.2) is 22.4 Å². The van der Waals surface area contributed by atoms with E-state index in [1.165, 1.54) is 11.1 Å². The molecule has 1 rings (SSSR count). The van der Waals surface area contributed by atoms with Gasteiger partial charge in [-0.15, -0.1) is 0 Å². The first-order valence-electron chi connectivity index (χ1n) is 5.83. The molecule has 0 saturated carbocycles. The third-order valence-corrected chi connectivity index (χ3v) is 2.80. The van der Waals surface area contributed by atoms with Gasteiger partial charge in [0, 0.05) is 6.42 Å². The number of rotatable bonds is 4. The number of aryl methyl sites for hydroxylation is 2. The largest absolute Gasteiger partial charge is 0.390 e. The average molecular weight is 222 g/mol. The molecule has 90 valence electrons. The van der Waals surface area contributed by atoms with Gasteiger partial charge in [-0.25, -0.2) is 0 Å². The highest BCUT2D eigenvalue weighted by Crippen LogP contribution is 2.15. The maximum absolute atomic E-state index is 9.87. The molecule has 2 atom stereocenters. The lowest BCUT2D eigenvalue weighted by molar-refractivity contribution is -0.00732. The molecular formula is C14H22O2. The minimum absolute atomic E-state index is 0.0842. The maximum Gasteiger partial charge on any atom is 0.0841 e. The highest BCUT2D eigenvalue weighted by atomic mass is 16.3. The van der Waals surface area contributed by atoms with Crippen LogP contribution in [0.5, 0.6) is 0 Å². The molecule has 0 amide bonds. The van der Waals surface area contributed by atoms with Crippen LogP contribution in [-0.2, 0) is 6.42 Å². The third-order valence-electron chi connectivity index (χ3n) is 2.80. The molecule has 0 aliphatic heterocycles. The predicted molar refractivity (Wildman–Crippen MR) is 66.5 cm³/mol. The van der Waals surface area contributed by atoms with Gasteiger partial charge in [0.2, 0.25) is 0 Å². The standard InChI is InChI=1S/C14H22O2/c1-9(2)14(16)13(15)8-12-6-10(3)5-11(4)7-12/h5-7,9,13-16H,8H2,1-4H3. The van der Waals surface area contributed by atoms with E-state index in [1.807, 2.05) is 27.7 Å². The second-order valence-corrected chi connectivity index (χ2v) is 5.00. The van der Waals surface area contributed by atoms with E-state index in [-0.39, 0.29) is 5.92 Å². The van der Waals surface area contributed by atoms with Crippen molar-refractivity contribution in [3.05, 3.63) is 34.9 Å². The molecule has 0 fully saturated rings. The summed E-state index contributed by atoms with van der Waals surface area (Å²) in [6, 6.07) is 6.22. The van der Waals surface area contributed by atoms with Crippen molar-refractivity contribution in [2.75, 3.05) is 0 Å². The Balaban J connectivity index is 2.72. The summed E-state index contributed by atoms with van der Waals surface area (Å²) >= 11 is 0. The first kappa shape index (κ1) is 13.2. The Kier molecular flexibility index (Phi) is 4.51. The van der Waals surface area contributed by atoms with Crippen LogP contribution in [0.2, 0.25) is 0 Å². The maximum atomic E-state index is 9.87. The van der Waals surface area contributed by atoms with Gasteiger partial charge in [-0.3, -0.25) is 0 Å². The Morgan fingerprint density at radius 2 is 1.50 bits per heavy atom. The fourth-order valence-electron chi connectivity index (χ4n) is 1.99. The van der Waals surface area contributed by atoms with Crippen LogP contribution in [0.3, 0.4) is 0 Å². The number of hydrogen-bond donors (Lipinski definition) is 2. The lowest BCUT2D eigenvalue weighted by atomic mass is 9.95. The number of benzene rings is 1. The lowest BCUT2D eigenvalue weighted by Crippen LogP contribution is -2.32. The van der Waals surface area contributed by atoms with E-state index in [2.05, 4.69) is 18.2 Å². The van der Waals surface area contributed by atoms with Crippen molar-refractivity contribution in [3.63, 3.8) is 0 Å². The first-order chi connectivity index (χ1) is 7.40. The van der Waals surface area contributed by atoms with Gasteiger partial charge in [-0.05, 0) is 25.3 Å². The minimum Gasteiger partial charge on any atom is -0.390 e. The summed E-state index contributed by atoms with van der Waals surface area (Å²) in [5.74, 6) is 0.0842. The van der Waals surface area contributed by atoms with E-state index in [0.29, 0.717) is 6.42 Å². The lowest BCUT2D eigenvalue weighted by Gasteiger charge is -2.21.